The molecule has 3 unspecified atom stereocenters. The monoisotopic (exact) mass is 245 g/mol. The van der Waals surface area contributed by atoms with E-state index in [1.165, 1.54) is 18.1 Å². The lowest BCUT2D eigenvalue weighted by atomic mass is 9.86. The molecule has 0 saturated carbocycles. The topological polar surface area (TPSA) is 29.0 Å². The van der Waals surface area contributed by atoms with Crippen LogP contribution in [0.2, 0.25) is 5.15 Å². The van der Waals surface area contributed by atoms with Gasteiger partial charge in [0.05, 0.1) is 11.7 Å². The average molecular weight is 246 g/mol. The van der Waals surface area contributed by atoms with E-state index < -0.39 is 0 Å². The van der Waals surface area contributed by atoms with Crippen molar-refractivity contribution in [2.75, 3.05) is 11.4 Å². The molecule has 2 rings (SSSR count). The summed E-state index contributed by atoms with van der Waals surface area (Å²) in [6.07, 6.45) is 1.28. The third-order valence-corrected chi connectivity index (χ3v) is 4.18. The van der Waals surface area contributed by atoms with Gasteiger partial charge < -0.3 is 4.90 Å². The Morgan fingerprint density at radius 1 is 1.33 bits per heavy atom. The van der Waals surface area contributed by atoms with E-state index in [-0.39, 0.29) is 0 Å². The second-order valence-electron chi connectivity index (χ2n) is 4.59. The van der Waals surface area contributed by atoms with Gasteiger partial charge in [-0.3, -0.25) is 0 Å². The van der Waals surface area contributed by atoms with Gasteiger partial charge in [-0.25, -0.2) is 0 Å². The van der Waals surface area contributed by atoms with E-state index in [1.54, 1.807) is 0 Å². The van der Waals surface area contributed by atoms with Crippen molar-refractivity contribution in [1.29, 1.82) is 0 Å². The lowest BCUT2D eigenvalue weighted by Gasteiger charge is -2.41. The molecule has 0 aromatic carbocycles. The molecule has 0 radical (unpaired) electrons. The largest absolute Gasteiger partial charge is 0.350 e. The van der Waals surface area contributed by atoms with Crippen molar-refractivity contribution in [2.24, 2.45) is 11.8 Å². The molecule has 1 aliphatic rings. The van der Waals surface area contributed by atoms with Crippen LogP contribution >= 0.6 is 23.3 Å². The van der Waals surface area contributed by atoms with E-state index in [1.807, 2.05) is 0 Å². The van der Waals surface area contributed by atoms with Crippen molar-refractivity contribution in [3.05, 3.63) is 5.15 Å². The van der Waals surface area contributed by atoms with Gasteiger partial charge in [0.25, 0.3) is 0 Å². The molecule has 0 spiro atoms. The maximum atomic E-state index is 6.03. The van der Waals surface area contributed by atoms with Gasteiger partial charge in [-0.1, -0.05) is 25.4 Å². The Morgan fingerprint density at radius 2 is 2.07 bits per heavy atom. The maximum Gasteiger partial charge on any atom is 0.187 e. The third-order valence-electron chi connectivity index (χ3n) is 3.30. The molecular weight excluding hydrogens is 230 g/mol. The molecule has 0 aliphatic carbocycles. The van der Waals surface area contributed by atoms with Gasteiger partial charge in [0.2, 0.25) is 0 Å². The Hall–Kier alpha value is -0.350. The summed E-state index contributed by atoms with van der Waals surface area (Å²) < 4.78 is 8.31. The smallest absolute Gasteiger partial charge is 0.187 e. The summed E-state index contributed by atoms with van der Waals surface area (Å²) in [5, 5.41) is 0.549. The highest BCUT2D eigenvalue weighted by molar-refractivity contribution is 6.99. The van der Waals surface area contributed by atoms with Crippen LogP contribution in [0.4, 0.5) is 5.82 Å². The summed E-state index contributed by atoms with van der Waals surface area (Å²) >= 11 is 7.22. The first-order valence-corrected chi connectivity index (χ1v) is 6.45. The standard InChI is InChI=1S/C10H16ClN3S/c1-6-4-7(2)8(3)14(5-6)10-9(11)12-15-13-10/h6-8H,4-5H2,1-3H3. The first-order chi connectivity index (χ1) is 7.09. The lowest BCUT2D eigenvalue weighted by Crippen LogP contribution is -2.46. The maximum absolute atomic E-state index is 6.03. The summed E-state index contributed by atoms with van der Waals surface area (Å²) in [5.74, 6) is 2.26. The van der Waals surface area contributed by atoms with Gasteiger partial charge in [-0.2, -0.15) is 8.75 Å². The zero-order valence-corrected chi connectivity index (χ0v) is 10.8. The van der Waals surface area contributed by atoms with Crippen molar-refractivity contribution in [3.8, 4) is 0 Å². The van der Waals surface area contributed by atoms with Gasteiger partial charge in [-0.15, -0.1) is 0 Å². The van der Waals surface area contributed by atoms with Crippen LogP contribution < -0.4 is 4.90 Å². The predicted octanol–water partition coefficient (Wildman–Crippen LogP) is 3.06. The zero-order chi connectivity index (χ0) is 11.0. The van der Waals surface area contributed by atoms with Crippen molar-refractivity contribution >= 4 is 29.1 Å². The lowest BCUT2D eigenvalue weighted by molar-refractivity contribution is 0.296. The van der Waals surface area contributed by atoms with Crippen LogP contribution in [0.3, 0.4) is 0 Å². The van der Waals surface area contributed by atoms with Crippen molar-refractivity contribution < 1.29 is 0 Å². The SMILES string of the molecule is CC1CC(C)C(C)N(c2nsnc2Cl)C1. The van der Waals surface area contributed by atoms with E-state index in [0.29, 0.717) is 23.0 Å². The Morgan fingerprint density at radius 3 is 2.67 bits per heavy atom. The molecule has 2 heterocycles. The Kier molecular flexibility index (Phi) is 3.16. The van der Waals surface area contributed by atoms with Crippen LogP contribution in [-0.2, 0) is 0 Å². The van der Waals surface area contributed by atoms with Crippen LogP contribution in [0.1, 0.15) is 27.2 Å². The van der Waals surface area contributed by atoms with Crippen LogP contribution in [-0.4, -0.2) is 21.3 Å². The average Bonchev–Trinajstić information content (AvgIpc) is 2.58. The van der Waals surface area contributed by atoms with E-state index in [4.69, 9.17) is 11.6 Å². The molecule has 1 aromatic heterocycles. The number of anilines is 1. The van der Waals surface area contributed by atoms with E-state index in [0.717, 1.165) is 12.4 Å². The normalized spacial score (nSPS) is 32.0. The van der Waals surface area contributed by atoms with Crippen molar-refractivity contribution in [3.63, 3.8) is 0 Å². The minimum absolute atomic E-state index is 0.502. The summed E-state index contributed by atoms with van der Waals surface area (Å²) in [6, 6.07) is 0.502. The molecule has 3 atom stereocenters. The summed E-state index contributed by atoms with van der Waals surface area (Å²) in [5.41, 5.74) is 0. The first kappa shape index (κ1) is 11.1. The molecule has 1 fully saturated rings. The molecule has 1 saturated heterocycles. The second-order valence-corrected chi connectivity index (χ2v) is 5.48. The highest BCUT2D eigenvalue weighted by Crippen LogP contribution is 2.33. The minimum Gasteiger partial charge on any atom is -0.350 e. The molecular formula is C10H16ClN3S. The van der Waals surface area contributed by atoms with Crippen molar-refractivity contribution in [1.82, 2.24) is 8.75 Å². The first-order valence-electron chi connectivity index (χ1n) is 5.34. The summed E-state index contributed by atoms with van der Waals surface area (Å²) in [6.45, 7) is 7.85. The van der Waals surface area contributed by atoms with Gasteiger partial charge >= 0.3 is 0 Å². The highest BCUT2D eigenvalue weighted by Gasteiger charge is 2.31. The third kappa shape index (κ3) is 2.11. The molecule has 1 aromatic rings. The Balaban J connectivity index is 2.24. The predicted molar refractivity (Wildman–Crippen MR) is 64.7 cm³/mol. The highest BCUT2D eigenvalue weighted by atomic mass is 35.5. The van der Waals surface area contributed by atoms with Gasteiger partial charge in [0.1, 0.15) is 0 Å². The van der Waals surface area contributed by atoms with Crippen molar-refractivity contribution in [2.45, 2.75) is 33.2 Å². The Labute approximate surface area is 99.8 Å². The number of piperidine rings is 1. The summed E-state index contributed by atoms with van der Waals surface area (Å²) in [7, 11) is 0. The molecule has 1 aliphatic heterocycles. The molecule has 3 nitrogen and oxygen atoms in total. The van der Waals surface area contributed by atoms with Crippen LogP contribution in [0.5, 0.6) is 0 Å². The van der Waals surface area contributed by atoms with Gasteiger partial charge in [-0.05, 0) is 25.2 Å². The van der Waals surface area contributed by atoms with E-state index in [9.17, 15) is 0 Å². The van der Waals surface area contributed by atoms with Gasteiger partial charge in [0, 0.05) is 12.6 Å². The number of aromatic nitrogens is 2. The fourth-order valence-corrected chi connectivity index (χ4v) is 3.10. The molecule has 0 amide bonds. The van der Waals surface area contributed by atoms with Gasteiger partial charge in [0.15, 0.2) is 11.0 Å². The molecule has 15 heavy (non-hydrogen) atoms. The quantitative estimate of drug-likeness (QED) is 0.762. The van der Waals surface area contributed by atoms with Crippen LogP contribution in [0, 0.1) is 11.8 Å². The number of rotatable bonds is 1. The second kappa shape index (κ2) is 4.26. The van der Waals surface area contributed by atoms with E-state index >= 15 is 0 Å². The molecule has 0 bridgehead atoms. The van der Waals surface area contributed by atoms with Crippen LogP contribution in [0.15, 0.2) is 0 Å². The number of hydrogen-bond donors (Lipinski definition) is 0. The summed E-state index contributed by atoms with van der Waals surface area (Å²) in [4.78, 5) is 2.30. The molecule has 0 N–H and O–H groups in total. The number of halogens is 1. The molecule has 84 valence electrons. The minimum atomic E-state index is 0.502. The van der Waals surface area contributed by atoms with E-state index in [2.05, 4.69) is 34.4 Å². The van der Waals surface area contributed by atoms with Crippen LogP contribution in [0.25, 0.3) is 0 Å². The molecule has 5 heteroatoms. The Bertz CT molecular complexity index is 341. The number of hydrogen-bond acceptors (Lipinski definition) is 4. The fraction of sp³-hybridized carbons (Fsp3) is 0.800. The fourth-order valence-electron chi connectivity index (χ4n) is 2.34. The zero-order valence-electron chi connectivity index (χ0n) is 9.27. The number of nitrogens with zero attached hydrogens (tertiary/aromatic N) is 3.